The van der Waals surface area contributed by atoms with Gasteiger partial charge in [-0.05, 0) is 25.0 Å². The Hall–Kier alpha value is -1.91. The number of nitrogens with zero attached hydrogens (tertiary/aromatic N) is 2. The highest BCUT2D eigenvalue weighted by atomic mass is 32.2. The molecule has 0 aromatic heterocycles. The number of aliphatic imine (C=N–C) groups is 1. The van der Waals surface area contributed by atoms with E-state index >= 15 is 0 Å². The van der Waals surface area contributed by atoms with Crippen LogP contribution in [0.4, 0.5) is 5.69 Å². The number of carboxylic acid groups (broad SMARTS) is 1. The van der Waals surface area contributed by atoms with Crippen molar-refractivity contribution in [3.05, 3.63) is 29.3 Å². The zero-order chi connectivity index (χ0) is 19.8. The Kier molecular flexibility index (Phi) is 5.59. The third-order valence-electron chi connectivity index (χ3n) is 4.42. The van der Waals surface area contributed by atoms with Crippen molar-refractivity contribution in [3.63, 3.8) is 0 Å². The predicted molar refractivity (Wildman–Crippen MR) is 103 cm³/mol. The summed E-state index contributed by atoms with van der Waals surface area (Å²) in [5.41, 5.74) is 2.78. The van der Waals surface area contributed by atoms with E-state index in [2.05, 4.69) is 4.99 Å². The van der Waals surface area contributed by atoms with Crippen molar-refractivity contribution in [3.8, 4) is 0 Å². The number of fused-ring (bicyclic) bond motifs is 1. The lowest BCUT2D eigenvalue weighted by Crippen LogP contribution is -2.38. The second-order valence-corrected chi connectivity index (χ2v) is 9.95. The van der Waals surface area contributed by atoms with Crippen LogP contribution in [0, 0.1) is 13.8 Å². The van der Waals surface area contributed by atoms with E-state index in [1.165, 1.54) is 11.8 Å². The summed E-state index contributed by atoms with van der Waals surface area (Å²) in [6.45, 7) is 2.84. The molecule has 27 heavy (non-hydrogen) atoms. The maximum absolute atomic E-state index is 12.1. The first-order chi connectivity index (χ1) is 12.7. The fraction of sp³-hybridized carbons (Fsp3) is 0.471. The Labute approximate surface area is 161 Å². The predicted octanol–water partition coefficient (Wildman–Crippen LogP) is 1.01. The molecule has 1 amide bonds. The third-order valence-corrected chi connectivity index (χ3v) is 7.63. The minimum atomic E-state index is -3.14. The number of carbonyl (C=O) groups is 2. The van der Waals surface area contributed by atoms with Gasteiger partial charge in [0.1, 0.15) is 13.2 Å². The minimum absolute atomic E-state index is 0.0150. The second kappa shape index (κ2) is 7.61. The average molecular weight is 412 g/mol. The first-order valence-electron chi connectivity index (χ1n) is 8.31. The maximum atomic E-state index is 12.1. The topological polar surface area (TPSA) is 113 Å². The fourth-order valence-electron chi connectivity index (χ4n) is 3.38. The van der Waals surface area contributed by atoms with Crippen LogP contribution < -0.4 is 4.90 Å². The number of amides is 1. The molecule has 10 heteroatoms. The largest absolute Gasteiger partial charge is 0.480 e. The summed E-state index contributed by atoms with van der Waals surface area (Å²) in [5, 5.41) is 8.82. The molecule has 2 saturated heterocycles. The second-order valence-electron chi connectivity index (χ2n) is 6.59. The van der Waals surface area contributed by atoms with Crippen molar-refractivity contribution in [2.75, 3.05) is 29.6 Å². The minimum Gasteiger partial charge on any atom is -0.480 e. The van der Waals surface area contributed by atoms with Gasteiger partial charge in [-0.1, -0.05) is 30.0 Å². The highest BCUT2D eigenvalue weighted by Gasteiger charge is 2.49. The van der Waals surface area contributed by atoms with E-state index in [4.69, 9.17) is 9.84 Å². The molecule has 3 rings (SSSR count). The Morgan fingerprint density at radius 2 is 1.93 bits per heavy atom. The normalized spacial score (nSPS) is 25.0. The van der Waals surface area contributed by atoms with Gasteiger partial charge in [0.15, 0.2) is 15.0 Å². The van der Waals surface area contributed by atoms with Gasteiger partial charge in [-0.2, -0.15) is 4.99 Å². The number of hydrogen-bond donors (Lipinski definition) is 1. The van der Waals surface area contributed by atoms with Gasteiger partial charge in [0.2, 0.25) is 0 Å². The monoisotopic (exact) mass is 412 g/mol. The molecule has 1 aromatic rings. The number of sulfone groups is 1. The van der Waals surface area contributed by atoms with Crippen LogP contribution in [0.2, 0.25) is 0 Å². The number of rotatable bonds is 5. The molecule has 2 fully saturated rings. The lowest BCUT2D eigenvalue weighted by molar-refractivity contribution is -0.143. The van der Waals surface area contributed by atoms with Gasteiger partial charge in [-0.3, -0.25) is 4.79 Å². The van der Waals surface area contributed by atoms with E-state index < -0.39 is 34.9 Å². The number of thioether (sulfide) groups is 1. The van der Waals surface area contributed by atoms with Crippen LogP contribution >= 0.6 is 11.8 Å². The van der Waals surface area contributed by atoms with Crippen LogP contribution in [0.1, 0.15) is 11.1 Å². The Bertz CT molecular complexity index is 892. The molecular weight excluding hydrogens is 392 g/mol. The summed E-state index contributed by atoms with van der Waals surface area (Å²) in [6, 6.07) is 5.49. The summed E-state index contributed by atoms with van der Waals surface area (Å²) in [7, 11) is -3.14. The van der Waals surface area contributed by atoms with Gasteiger partial charge in [-0.15, -0.1) is 0 Å². The van der Waals surface area contributed by atoms with Gasteiger partial charge in [-0.25, -0.2) is 13.2 Å². The number of anilines is 1. The summed E-state index contributed by atoms with van der Waals surface area (Å²) >= 11 is 1.28. The van der Waals surface area contributed by atoms with Gasteiger partial charge < -0.3 is 14.7 Å². The molecule has 0 radical (unpaired) electrons. The van der Waals surface area contributed by atoms with Crippen LogP contribution in [0.5, 0.6) is 0 Å². The first-order valence-corrected chi connectivity index (χ1v) is 11.0. The number of carboxylic acids is 1. The molecule has 146 valence electrons. The molecule has 2 aliphatic rings. The molecule has 8 nitrogen and oxygen atoms in total. The average Bonchev–Trinajstić information content (AvgIpc) is 2.99. The molecule has 0 saturated carbocycles. The molecule has 1 N–H and O–H groups in total. The van der Waals surface area contributed by atoms with Crippen LogP contribution in [0.15, 0.2) is 23.2 Å². The molecule has 2 heterocycles. The van der Waals surface area contributed by atoms with Gasteiger partial charge in [0, 0.05) is 10.9 Å². The fourth-order valence-corrected chi connectivity index (χ4v) is 7.29. The molecule has 2 aliphatic heterocycles. The number of ether oxygens (including phenoxy) is 1. The Morgan fingerprint density at radius 1 is 1.26 bits per heavy atom. The maximum Gasteiger partial charge on any atom is 0.329 e. The number of benzene rings is 1. The van der Waals surface area contributed by atoms with Crippen LogP contribution in [-0.2, 0) is 24.2 Å². The standard InChI is InChI=1S/C17H20N2O6S2/c1-10-4-3-5-11(2)16(10)19-12-8-27(23,24)9-13(12)26-17(19)18-14(20)6-25-7-15(21)22/h3-5,12-13H,6-9H2,1-2H3,(H,21,22)/t12-,13-/m0/s1. The molecular formula is C17H20N2O6S2. The number of carbonyl (C=O) groups excluding carboxylic acids is 1. The van der Waals surface area contributed by atoms with E-state index in [1.807, 2.05) is 36.9 Å². The van der Waals surface area contributed by atoms with Crippen molar-refractivity contribution in [2.24, 2.45) is 4.99 Å². The number of hydrogen-bond acceptors (Lipinski definition) is 6. The highest BCUT2D eigenvalue weighted by Crippen LogP contribution is 2.42. The van der Waals surface area contributed by atoms with E-state index in [9.17, 15) is 18.0 Å². The molecule has 2 atom stereocenters. The van der Waals surface area contributed by atoms with Crippen molar-refractivity contribution < 1.29 is 27.9 Å². The molecule has 0 unspecified atom stereocenters. The van der Waals surface area contributed by atoms with Crippen molar-refractivity contribution in [1.82, 2.24) is 0 Å². The lowest BCUT2D eigenvalue weighted by atomic mass is 10.1. The van der Waals surface area contributed by atoms with E-state index in [-0.39, 0.29) is 22.8 Å². The Morgan fingerprint density at radius 3 is 2.56 bits per heavy atom. The van der Waals surface area contributed by atoms with Gasteiger partial charge >= 0.3 is 5.97 Å². The third kappa shape index (κ3) is 4.33. The summed E-state index contributed by atoms with van der Waals surface area (Å²) < 4.78 is 29.0. The number of aliphatic carboxylic acids is 1. The van der Waals surface area contributed by atoms with Crippen LogP contribution in [0.25, 0.3) is 0 Å². The smallest absolute Gasteiger partial charge is 0.329 e. The molecule has 0 bridgehead atoms. The number of aryl methyl sites for hydroxylation is 2. The number of amidine groups is 1. The van der Waals surface area contributed by atoms with E-state index in [0.717, 1.165) is 16.8 Å². The molecule has 0 aliphatic carbocycles. The van der Waals surface area contributed by atoms with Crippen molar-refractivity contribution in [1.29, 1.82) is 0 Å². The SMILES string of the molecule is Cc1cccc(C)c1N1C(=NC(=O)COCC(=O)O)S[C@H]2CS(=O)(=O)C[C@@H]21. The van der Waals surface area contributed by atoms with Crippen molar-refractivity contribution >= 4 is 44.3 Å². The molecule has 0 spiro atoms. The summed E-state index contributed by atoms with van der Waals surface area (Å²) in [5.74, 6) is -1.70. The first kappa shape index (κ1) is 19.8. The lowest BCUT2D eigenvalue weighted by Gasteiger charge is -2.27. The summed E-state index contributed by atoms with van der Waals surface area (Å²) in [4.78, 5) is 28.5. The van der Waals surface area contributed by atoms with Gasteiger partial charge in [0.05, 0.1) is 17.5 Å². The summed E-state index contributed by atoms with van der Waals surface area (Å²) in [6.07, 6.45) is 0. The van der Waals surface area contributed by atoms with Gasteiger partial charge in [0.25, 0.3) is 5.91 Å². The van der Waals surface area contributed by atoms with E-state index in [1.54, 1.807) is 0 Å². The highest BCUT2D eigenvalue weighted by molar-refractivity contribution is 8.16. The van der Waals surface area contributed by atoms with Crippen molar-refractivity contribution in [2.45, 2.75) is 25.1 Å². The zero-order valence-corrected chi connectivity index (χ0v) is 16.5. The quantitative estimate of drug-likeness (QED) is 0.762. The van der Waals surface area contributed by atoms with E-state index in [0.29, 0.717) is 5.17 Å². The van der Waals surface area contributed by atoms with Crippen LogP contribution in [0.3, 0.4) is 0 Å². The molecule has 1 aromatic carbocycles. The van der Waals surface area contributed by atoms with Crippen LogP contribution in [-0.4, -0.2) is 66.6 Å². The Balaban J connectivity index is 1.92. The number of para-hydroxylation sites is 1. The zero-order valence-electron chi connectivity index (χ0n) is 14.9.